The van der Waals surface area contributed by atoms with E-state index in [1.807, 2.05) is 0 Å². The van der Waals surface area contributed by atoms with E-state index in [1.165, 1.54) is 6.21 Å². The quantitative estimate of drug-likeness (QED) is 0.713. The Labute approximate surface area is 87.1 Å². The Hall–Kier alpha value is -1.69. The van der Waals surface area contributed by atoms with Crippen molar-refractivity contribution in [3.63, 3.8) is 0 Å². The second kappa shape index (κ2) is 4.22. The average Bonchev–Trinajstić information content (AvgIpc) is 2.43. The molecule has 15 heavy (non-hydrogen) atoms. The molecule has 2 rings (SSSR count). The number of hydrogen-bond donors (Lipinski definition) is 1. The van der Waals surface area contributed by atoms with Crippen LogP contribution in [0, 0.1) is 0 Å². The highest BCUT2D eigenvalue weighted by Gasteiger charge is 2.20. The maximum Gasteiger partial charge on any atom is 0.300 e. The fourth-order valence-corrected chi connectivity index (χ4v) is 2.04. The summed E-state index contributed by atoms with van der Waals surface area (Å²) in [7, 11) is -3.34. The number of nitrogens with zero attached hydrogens (tertiary/aromatic N) is 1. The second-order valence-corrected chi connectivity index (χ2v) is 4.37. The molecule has 0 fully saturated rings. The topological polar surface area (TPSA) is 83.8 Å². The number of fused-ring (bicyclic) bond motifs is 1. The fourth-order valence-electron chi connectivity index (χ4n) is 1.01. The van der Waals surface area contributed by atoms with Crippen LogP contribution in [0.2, 0.25) is 0 Å². The van der Waals surface area contributed by atoms with Gasteiger partial charge < -0.3 is 5.11 Å². The molecule has 1 aliphatic rings. The molecule has 1 aliphatic heterocycles. The van der Waals surface area contributed by atoms with Crippen LogP contribution in [0.4, 0.5) is 0 Å². The van der Waals surface area contributed by atoms with Crippen LogP contribution in [0.1, 0.15) is 12.5 Å². The molecule has 0 saturated heterocycles. The monoisotopic (exact) mass is 227 g/mol. The van der Waals surface area contributed by atoms with E-state index < -0.39 is 16.0 Å². The summed E-state index contributed by atoms with van der Waals surface area (Å²) in [5.41, 5.74) is 0.674. The molecule has 1 aromatic carbocycles. The van der Waals surface area contributed by atoms with Crippen molar-refractivity contribution in [2.45, 2.75) is 11.8 Å². The van der Waals surface area contributed by atoms with E-state index in [-0.39, 0.29) is 0 Å². The van der Waals surface area contributed by atoms with E-state index in [0.717, 1.165) is 6.92 Å². The fraction of sp³-hybridized carbons (Fsp3) is 0.111. The highest BCUT2D eigenvalue weighted by Crippen LogP contribution is 2.21. The third-order valence-electron chi connectivity index (χ3n) is 1.53. The van der Waals surface area contributed by atoms with E-state index in [4.69, 9.17) is 9.90 Å². The molecule has 0 amide bonds. The summed E-state index contributed by atoms with van der Waals surface area (Å²) in [6.45, 7) is 1.08. The number of aliphatic carboxylic acids is 1. The van der Waals surface area contributed by atoms with Crippen molar-refractivity contribution in [3.8, 4) is 0 Å². The molecule has 0 aromatic heterocycles. The maximum absolute atomic E-state index is 11.1. The third kappa shape index (κ3) is 2.88. The average molecular weight is 227 g/mol. The number of carboxylic acid groups (broad SMARTS) is 1. The lowest BCUT2D eigenvalue weighted by Crippen LogP contribution is -1.91. The number of benzene rings is 1. The lowest BCUT2D eigenvalue weighted by atomic mass is 10.2. The van der Waals surface area contributed by atoms with Gasteiger partial charge in [0.15, 0.2) is 0 Å². The number of carbonyl (C=O) groups is 1. The first-order valence-corrected chi connectivity index (χ1v) is 5.46. The van der Waals surface area contributed by atoms with Crippen molar-refractivity contribution in [3.05, 3.63) is 29.8 Å². The molecular weight excluding hydrogens is 218 g/mol. The van der Waals surface area contributed by atoms with Gasteiger partial charge in [0.25, 0.3) is 16.0 Å². The first kappa shape index (κ1) is 11.4. The Balaban J connectivity index is 0.000000245. The Kier molecular flexibility index (Phi) is 3.21. The number of sulfonamides is 1. The molecule has 80 valence electrons. The molecule has 1 N–H and O–H groups in total. The molecule has 0 atom stereocenters. The number of hydrogen-bond acceptors (Lipinski definition) is 3. The maximum atomic E-state index is 11.1. The molecule has 1 aromatic rings. The van der Waals surface area contributed by atoms with Gasteiger partial charge in [-0.25, -0.2) is 0 Å². The summed E-state index contributed by atoms with van der Waals surface area (Å²) >= 11 is 0. The first-order valence-electron chi connectivity index (χ1n) is 4.02. The van der Waals surface area contributed by atoms with Gasteiger partial charge in [0, 0.05) is 18.7 Å². The smallest absolute Gasteiger partial charge is 0.300 e. The summed E-state index contributed by atoms with van der Waals surface area (Å²) in [5, 5.41) is 7.42. The minimum atomic E-state index is -3.34. The summed E-state index contributed by atoms with van der Waals surface area (Å²) in [6.07, 6.45) is 1.37. The predicted molar refractivity (Wildman–Crippen MR) is 54.5 cm³/mol. The molecule has 0 aliphatic carbocycles. The van der Waals surface area contributed by atoms with Crippen molar-refractivity contribution < 1.29 is 18.3 Å². The van der Waals surface area contributed by atoms with Crippen LogP contribution in [-0.2, 0) is 14.8 Å². The first-order chi connectivity index (χ1) is 6.93. The molecule has 0 spiro atoms. The van der Waals surface area contributed by atoms with Gasteiger partial charge in [-0.2, -0.15) is 12.8 Å². The van der Waals surface area contributed by atoms with Crippen molar-refractivity contribution in [2.75, 3.05) is 0 Å². The Morgan fingerprint density at radius 1 is 1.33 bits per heavy atom. The minimum Gasteiger partial charge on any atom is -0.481 e. The van der Waals surface area contributed by atoms with Crippen LogP contribution in [0.3, 0.4) is 0 Å². The van der Waals surface area contributed by atoms with E-state index in [0.29, 0.717) is 10.5 Å². The number of rotatable bonds is 0. The molecule has 5 nitrogen and oxygen atoms in total. The lowest BCUT2D eigenvalue weighted by molar-refractivity contribution is -0.134. The van der Waals surface area contributed by atoms with Gasteiger partial charge in [0.05, 0.1) is 4.90 Å². The summed E-state index contributed by atoms with van der Waals surface area (Å²) in [5.74, 6) is -0.833. The van der Waals surface area contributed by atoms with Crippen LogP contribution < -0.4 is 0 Å². The molecular formula is C9H9NO4S. The molecule has 0 saturated carbocycles. The zero-order valence-electron chi connectivity index (χ0n) is 7.91. The summed E-state index contributed by atoms with van der Waals surface area (Å²) < 4.78 is 25.5. The second-order valence-electron chi connectivity index (χ2n) is 2.77. The summed E-state index contributed by atoms with van der Waals surface area (Å²) in [4.78, 5) is 9.31. The molecule has 0 bridgehead atoms. The largest absolute Gasteiger partial charge is 0.481 e. The van der Waals surface area contributed by atoms with Crippen LogP contribution in [0.5, 0.6) is 0 Å². The lowest BCUT2D eigenvalue weighted by Gasteiger charge is -1.92. The van der Waals surface area contributed by atoms with Gasteiger partial charge in [-0.15, -0.1) is 0 Å². The van der Waals surface area contributed by atoms with Crippen molar-refractivity contribution >= 4 is 22.2 Å². The Morgan fingerprint density at radius 3 is 2.40 bits per heavy atom. The van der Waals surface area contributed by atoms with Gasteiger partial charge in [0.2, 0.25) is 0 Å². The van der Waals surface area contributed by atoms with E-state index in [9.17, 15) is 8.42 Å². The van der Waals surface area contributed by atoms with Crippen LogP contribution >= 0.6 is 0 Å². The van der Waals surface area contributed by atoms with Gasteiger partial charge in [0.1, 0.15) is 0 Å². The SMILES string of the molecule is CC(=O)O.O=S1(=O)N=Cc2ccccc21. The number of carboxylic acids is 1. The highest BCUT2D eigenvalue weighted by atomic mass is 32.2. The van der Waals surface area contributed by atoms with Crippen molar-refractivity contribution in [2.24, 2.45) is 4.40 Å². The van der Waals surface area contributed by atoms with Crippen LogP contribution in [0.25, 0.3) is 0 Å². The highest BCUT2D eigenvalue weighted by molar-refractivity contribution is 7.90. The van der Waals surface area contributed by atoms with Gasteiger partial charge in [-0.05, 0) is 6.07 Å². The van der Waals surface area contributed by atoms with Crippen molar-refractivity contribution in [1.29, 1.82) is 0 Å². The van der Waals surface area contributed by atoms with Crippen LogP contribution in [-0.4, -0.2) is 25.7 Å². The third-order valence-corrected chi connectivity index (χ3v) is 2.84. The van der Waals surface area contributed by atoms with E-state index in [2.05, 4.69) is 4.40 Å². The molecule has 0 unspecified atom stereocenters. The standard InChI is InChI=1S/C7H5NO2S.C2H4O2/c9-11(10)7-4-2-1-3-6(7)5-8-11;1-2(3)4/h1-5H;1H3,(H,3,4). The van der Waals surface area contributed by atoms with E-state index >= 15 is 0 Å². The Morgan fingerprint density at radius 2 is 1.87 bits per heavy atom. The van der Waals surface area contributed by atoms with Crippen molar-refractivity contribution in [1.82, 2.24) is 0 Å². The van der Waals surface area contributed by atoms with Gasteiger partial charge >= 0.3 is 0 Å². The van der Waals surface area contributed by atoms with E-state index in [1.54, 1.807) is 24.3 Å². The zero-order valence-corrected chi connectivity index (χ0v) is 8.73. The Bertz CT molecular complexity index is 501. The molecule has 6 heteroatoms. The van der Waals surface area contributed by atoms with Crippen LogP contribution in [0.15, 0.2) is 33.6 Å². The van der Waals surface area contributed by atoms with Gasteiger partial charge in [-0.3, -0.25) is 4.79 Å². The molecule has 1 heterocycles. The predicted octanol–water partition coefficient (Wildman–Crippen LogP) is 0.899. The zero-order chi connectivity index (χ0) is 11.5. The van der Waals surface area contributed by atoms with Gasteiger partial charge in [-0.1, -0.05) is 18.2 Å². The summed E-state index contributed by atoms with van der Waals surface area (Å²) in [6, 6.07) is 6.75. The molecule has 0 radical (unpaired) electrons. The minimum absolute atomic E-state index is 0.306. The normalized spacial score (nSPS) is 15.0.